The highest BCUT2D eigenvalue weighted by molar-refractivity contribution is 5.98. The number of ether oxygens (including phenoxy) is 1. The molecule has 1 saturated heterocycles. The summed E-state index contributed by atoms with van der Waals surface area (Å²) in [5.41, 5.74) is -1.21. The van der Waals surface area contributed by atoms with Crippen LogP contribution in [0.3, 0.4) is 0 Å². The van der Waals surface area contributed by atoms with Crippen molar-refractivity contribution in [1.82, 2.24) is 34.6 Å². The number of hydrogen-bond donors (Lipinski definition) is 0. The van der Waals surface area contributed by atoms with Crippen LogP contribution in [0.4, 0.5) is 26.3 Å². The topological polar surface area (TPSA) is 98.9 Å². The second-order valence-corrected chi connectivity index (χ2v) is 8.39. The summed E-state index contributed by atoms with van der Waals surface area (Å²) in [5.74, 6) is -5.58. The monoisotopic (exact) mass is 515 g/mol. The van der Waals surface area contributed by atoms with Crippen LogP contribution in [0.15, 0.2) is 31.0 Å². The Labute approximate surface area is 200 Å². The van der Waals surface area contributed by atoms with Gasteiger partial charge in [0.1, 0.15) is 6.61 Å². The normalized spacial score (nSPS) is 19.8. The lowest BCUT2D eigenvalue weighted by molar-refractivity contribution is -0.138. The summed E-state index contributed by atoms with van der Waals surface area (Å²) in [5, 5.41) is 4.08. The van der Waals surface area contributed by atoms with Gasteiger partial charge in [-0.15, -0.1) is 0 Å². The van der Waals surface area contributed by atoms with Crippen LogP contribution in [0.2, 0.25) is 0 Å². The van der Waals surface area contributed by atoms with Crippen LogP contribution in [0.1, 0.15) is 29.4 Å². The molecule has 0 spiro atoms. The van der Waals surface area contributed by atoms with Crippen LogP contribution in [0.25, 0.3) is 11.4 Å². The first-order chi connectivity index (χ1) is 16.8. The molecule has 1 amide bonds. The highest BCUT2D eigenvalue weighted by Gasteiger charge is 2.47. The van der Waals surface area contributed by atoms with E-state index in [4.69, 9.17) is 4.74 Å². The molecule has 1 fully saturated rings. The number of halogens is 6. The lowest BCUT2D eigenvalue weighted by Gasteiger charge is -2.42. The third kappa shape index (κ3) is 5.39. The van der Waals surface area contributed by atoms with Crippen LogP contribution >= 0.6 is 0 Å². The van der Waals surface area contributed by atoms with Crippen molar-refractivity contribution in [3.8, 4) is 17.4 Å². The predicted molar refractivity (Wildman–Crippen MR) is 110 cm³/mol. The summed E-state index contributed by atoms with van der Waals surface area (Å²) >= 11 is 0. The van der Waals surface area contributed by atoms with E-state index >= 15 is 0 Å². The average molecular weight is 515 g/mol. The number of alkyl halides is 5. The van der Waals surface area contributed by atoms with Crippen molar-refractivity contribution in [2.24, 2.45) is 13.0 Å². The second-order valence-electron chi connectivity index (χ2n) is 8.39. The van der Waals surface area contributed by atoms with E-state index in [-0.39, 0.29) is 23.7 Å². The number of rotatable bonds is 5. The minimum Gasteiger partial charge on any atom is -0.461 e. The van der Waals surface area contributed by atoms with Gasteiger partial charge in [0.15, 0.2) is 17.3 Å². The average Bonchev–Trinajstić information content (AvgIpc) is 3.19. The Balaban J connectivity index is 1.60. The smallest absolute Gasteiger partial charge is 0.419 e. The van der Waals surface area contributed by atoms with Gasteiger partial charge in [-0.1, -0.05) is 6.92 Å². The zero-order chi connectivity index (χ0) is 26.3. The van der Waals surface area contributed by atoms with E-state index in [0.29, 0.717) is 12.4 Å². The minimum atomic E-state index is -4.64. The van der Waals surface area contributed by atoms with Crippen LogP contribution in [-0.2, 0) is 13.2 Å². The fraction of sp³-hybridized carbons (Fsp3) is 0.429. The van der Waals surface area contributed by atoms with Crippen molar-refractivity contribution >= 4 is 5.91 Å². The number of carbonyl (C=O) groups is 1. The first-order valence-corrected chi connectivity index (χ1v) is 10.6. The molecular weight excluding hydrogens is 496 g/mol. The zero-order valence-corrected chi connectivity index (χ0v) is 18.9. The van der Waals surface area contributed by atoms with Crippen molar-refractivity contribution in [3.63, 3.8) is 0 Å². The lowest BCUT2D eigenvalue weighted by atomic mass is 9.88. The Morgan fingerprint density at radius 1 is 1.14 bits per heavy atom. The summed E-state index contributed by atoms with van der Waals surface area (Å²) in [7, 11) is 1.50. The molecule has 1 aliphatic heterocycles. The summed E-state index contributed by atoms with van der Waals surface area (Å²) in [6.45, 7) is 0.194. The molecule has 2 atom stereocenters. The van der Waals surface area contributed by atoms with E-state index in [2.05, 4.69) is 25.0 Å². The Morgan fingerprint density at radius 2 is 1.78 bits per heavy atom. The maximum absolute atomic E-state index is 14.5. The van der Waals surface area contributed by atoms with Gasteiger partial charge in [0.25, 0.3) is 11.8 Å². The summed E-state index contributed by atoms with van der Waals surface area (Å²) < 4.78 is 87.1. The second kappa shape index (κ2) is 9.35. The van der Waals surface area contributed by atoms with Crippen LogP contribution in [0.5, 0.6) is 6.01 Å². The maximum Gasteiger partial charge on any atom is 0.419 e. The molecule has 4 rings (SSSR count). The van der Waals surface area contributed by atoms with Gasteiger partial charge in [-0.2, -0.15) is 18.3 Å². The molecule has 192 valence electrons. The molecule has 0 N–H and O–H groups in total. The number of aromatic nitrogens is 6. The van der Waals surface area contributed by atoms with E-state index in [1.54, 1.807) is 0 Å². The highest BCUT2D eigenvalue weighted by Crippen LogP contribution is 2.36. The third-order valence-corrected chi connectivity index (χ3v) is 5.57. The molecule has 0 saturated carbocycles. The fourth-order valence-corrected chi connectivity index (χ4v) is 3.92. The molecular formula is C21H19F6N7O2. The first kappa shape index (κ1) is 25.3. The Hall–Kier alpha value is -3.78. The van der Waals surface area contributed by atoms with E-state index in [0.717, 1.165) is 17.3 Å². The van der Waals surface area contributed by atoms with Crippen molar-refractivity contribution in [3.05, 3.63) is 48.1 Å². The number of aryl methyl sites for hydroxylation is 1. The minimum absolute atomic E-state index is 0.0318. The Kier molecular flexibility index (Phi) is 6.58. The fourth-order valence-electron chi connectivity index (χ4n) is 3.92. The molecule has 3 aromatic heterocycles. The SMILES string of the molecule is CC1CC(F)(F)CN(C(=O)c2nn(C)cc2-c2ncc(F)cn2)C1COc1ncc(C(F)(F)F)cn1. The Bertz CT molecular complexity index is 1230. The van der Waals surface area contributed by atoms with E-state index < -0.39 is 60.3 Å². The predicted octanol–water partition coefficient (Wildman–Crippen LogP) is 3.39. The molecule has 2 unspecified atom stereocenters. The van der Waals surface area contributed by atoms with Gasteiger partial charge in [0.05, 0.1) is 36.1 Å². The molecule has 0 bridgehead atoms. The van der Waals surface area contributed by atoms with E-state index in [1.165, 1.54) is 24.9 Å². The van der Waals surface area contributed by atoms with Crippen molar-refractivity contribution in [2.45, 2.75) is 31.5 Å². The molecule has 4 heterocycles. The molecule has 36 heavy (non-hydrogen) atoms. The van der Waals surface area contributed by atoms with Gasteiger partial charge in [0.2, 0.25) is 0 Å². The van der Waals surface area contributed by atoms with E-state index in [1.807, 2.05) is 0 Å². The van der Waals surface area contributed by atoms with Crippen LogP contribution in [-0.4, -0.2) is 65.6 Å². The number of hydrogen-bond acceptors (Lipinski definition) is 7. The van der Waals surface area contributed by atoms with Crippen molar-refractivity contribution < 1.29 is 35.9 Å². The lowest BCUT2D eigenvalue weighted by Crippen LogP contribution is -2.57. The molecule has 1 aliphatic rings. The summed E-state index contributed by atoms with van der Waals surface area (Å²) in [4.78, 5) is 29.0. The zero-order valence-electron chi connectivity index (χ0n) is 18.9. The Morgan fingerprint density at radius 3 is 2.39 bits per heavy atom. The summed E-state index contributed by atoms with van der Waals surface area (Å²) in [6.07, 6.45) is -0.940. The number of likely N-dealkylation sites (tertiary alicyclic amines) is 1. The van der Waals surface area contributed by atoms with Gasteiger partial charge in [-0.3, -0.25) is 9.48 Å². The highest BCUT2D eigenvalue weighted by atomic mass is 19.4. The molecule has 0 radical (unpaired) electrons. The molecule has 3 aromatic rings. The number of piperidine rings is 1. The van der Waals surface area contributed by atoms with Gasteiger partial charge in [-0.05, 0) is 5.92 Å². The maximum atomic E-state index is 14.5. The van der Waals surface area contributed by atoms with Crippen molar-refractivity contribution in [1.29, 1.82) is 0 Å². The van der Waals surface area contributed by atoms with Gasteiger partial charge < -0.3 is 9.64 Å². The third-order valence-electron chi connectivity index (χ3n) is 5.57. The number of nitrogens with zero attached hydrogens (tertiary/aromatic N) is 7. The number of carbonyl (C=O) groups excluding carboxylic acids is 1. The van der Waals surface area contributed by atoms with Gasteiger partial charge >= 0.3 is 12.2 Å². The van der Waals surface area contributed by atoms with E-state index in [9.17, 15) is 31.1 Å². The first-order valence-electron chi connectivity index (χ1n) is 10.6. The van der Waals surface area contributed by atoms with Crippen LogP contribution in [0, 0.1) is 11.7 Å². The largest absolute Gasteiger partial charge is 0.461 e. The molecule has 9 nitrogen and oxygen atoms in total. The van der Waals surface area contributed by atoms with Gasteiger partial charge in [-0.25, -0.2) is 33.1 Å². The van der Waals surface area contributed by atoms with Crippen molar-refractivity contribution in [2.75, 3.05) is 13.2 Å². The number of amides is 1. The summed E-state index contributed by atoms with van der Waals surface area (Å²) in [6, 6.07) is -1.31. The quantitative estimate of drug-likeness (QED) is 0.481. The molecule has 15 heteroatoms. The van der Waals surface area contributed by atoms with Crippen LogP contribution < -0.4 is 4.74 Å². The molecule has 0 aliphatic carbocycles. The molecule has 0 aromatic carbocycles. The van der Waals surface area contributed by atoms with Gasteiger partial charge in [0, 0.05) is 32.1 Å². The standard InChI is InChI=1S/C21H19F6N7O2/c1-11-3-20(23,24)10-34(15(11)9-36-19-30-4-12(5-31-19)21(25,26)27)18(35)16-14(8-33(2)32-16)17-28-6-13(22)7-29-17/h4-8,11,15H,3,9-10H2,1-2H3.